The molecule has 1 saturated heterocycles. The van der Waals surface area contributed by atoms with E-state index in [1.165, 1.54) is 0 Å². The predicted molar refractivity (Wildman–Crippen MR) is 39.9 cm³/mol. The summed E-state index contributed by atoms with van der Waals surface area (Å²) < 4.78 is 5.33. The van der Waals surface area contributed by atoms with Gasteiger partial charge in [-0.15, -0.1) is 0 Å². The van der Waals surface area contributed by atoms with Gasteiger partial charge >= 0.3 is 0 Å². The first-order chi connectivity index (χ1) is 4.88. The quantitative estimate of drug-likeness (QED) is 0.466. The molecule has 0 radical (unpaired) electrons. The molecule has 0 aromatic rings. The van der Waals surface area contributed by atoms with E-state index in [1.54, 1.807) is 0 Å². The van der Waals surface area contributed by atoms with Gasteiger partial charge in [-0.05, 0) is 25.7 Å². The van der Waals surface area contributed by atoms with Crippen molar-refractivity contribution >= 4 is 0 Å². The van der Waals surface area contributed by atoms with E-state index in [9.17, 15) is 0 Å². The van der Waals surface area contributed by atoms with E-state index < -0.39 is 0 Å². The van der Waals surface area contributed by atoms with Crippen LogP contribution in [0.1, 0.15) is 32.6 Å². The molecule has 60 valence electrons. The van der Waals surface area contributed by atoms with E-state index in [0.717, 1.165) is 25.7 Å². The SMILES string of the molecule is CCC1O[C@H]1CCCCO. The van der Waals surface area contributed by atoms with Crippen molar-refractivity contribution in [3.8, 4) is 0 Å². The fourth-order valence-corrected chi connectivity index (χ4v) is 1.25. The fraction of sp³-hybridized carbons (Fsp3) is 1.00. The minimum Gasteiger partial charge on any atom is -0.396 e. The summed E-state index contributed by atoms with van der Waals surface area (Å²) in [5.74, 6) is 0. The van der Waals surface area contributed by atoms with E-state index in [2.05, 4.69) is 6.92 Å². The maximum atomic E-state index is 8.48. The number of unbranched alkanes of at least 4 members (excludes halogenated alkanes) is 1. The van der Waals surface area contributed by atoms with Crippen molar-refractivity contribution in [2.75, 3.05) is 6.61 Å². The van der Waals surface area contributed by atoms with Gasteiger partial charge in [-0.25, -0.2) is 0 Å². The lowest BCUT2D eigenvalue weighted by molar-refractivity contribution is 0.278. The molecule has 1 aliphatic heterocycles. The number of aliphatic hydroxyl groups excluding tert-OH is 1. The minimum absolute atomic E-state index is 0.323. The van der Waals surface area contributed by atoms with Crippen LogP contribution in [-0.4, -0.2) is 23.9 Å². The van der Waals surface area contributed by atoms with Crippen LogP contribution in [0.5, 0.6) is 0 Å². The number of aliphatic hydroxyl groups is 1. The topological polar surface area (TPSA) is 32.8 Å². The van der Waals surface area contributed by atoms with Crippen LogP contribution >= 0.6 is 0 Å². The Labute approximate surface area is 62.2 Å². The van der Waals surface area contributed by atoms with Crippen LogP contribution in [0.3, 0.4) is 0 Å². The van der Waals surface area contributed by atoms with Crippen molar-refractivity contribution < 1.29 is 9.84 Å². The maximum Gasteiger partial charge on any atom is 0.0841 e. The van der Waals surface area contributed by atoms with Crippen LogP contribution in [0.15, 0.2) is 0 Å². The molecule has 1 rings (SSSR count). The van der Waals surface area contributed by atoms with Crippen LogP contribution in [0, 0.1) is 0 Å². The van der Waals surface area contributed by atoms with Gasteiger partial charge in [0.2, 0.25) is 0 Å². The summed E-state index contributed by atoms with van der Waals surface area (Å²) in [6, 6.07) is 0. The third kappa shape index (κ3) is 2.27. The Balaban J connectivity index is 1.87. The van der Waals surface area contributed by atoms with E-state index in [4.69, 9.17) is 9.84 Å². The van der Waals surface area contributed by atoms with Gasteiger partial charge in [0.15, 0.2) is 0 Å². The van der Waals surface area contributed by atoms with Crippen molar-refractivity contribution in [3.63, 3.8) is 0 Å². The van der Waals surface area contributed by atoms with Crippen LogP contribution in [0.4, 0.5) is 0 Å². The molecule has 2 atom stereocenters. The molecule has 0 amide bonds. The highest BCUT2D eigenvalue weighted by Crippen LogP contribution is 2.29. The number of ether oxygens (including phenoxy) is 1. The summed E-state index contributed by atoms with van der Waals surface area (Å²) in [5.41, 5.74) is 0. The molecular weight excluding hydrogens is 128 g/mol. The van der Waals surface area contributed by atoms with Gasteiger partial charge in [-0.3, -0.25) is 0 Å². The highest BCUT2D eigenvalue weighted by atomic mass is 16.6. The van der Waals surface area contributed by atoms with Gasteiger partial charge in [-0.1, -0.05) is 6.92 Å². The van der Waals surface area contributed by atoms with E-state index in [1.807, 2.05) is 0 Å². The average Bonchev–Trinajstić information content (AvgIpc) is 2.68. The fourth-order valence-electron chi connectivity index (χ4n) is 1.25. The molecule has 10 heavy (non-hydrogen) atoms. The standard InChI is InChI=1S/C8H16O2/c1-2-7-8(10-7)5-3-4-6-9/h7-9H,2-6H2,1H3/t7?,8-/m0/s1. The molecule has 2 heteroatoms. The number of hydrogen-bond donors (Lipinski definition) is 1. The summed E-state index contributed by atoms with van der Waals surface area (Å²) in [6.07, 6.45) is 5.38. The van der Waals surface area contributed by atoms with Crippen LogP contribution in [0.2, 0.25) is 0 Å². The van der Waals surface area contributed by atoms with Gasteiger partial charge in [0.25, 0.3) is 0 Å². The van der Waals surface area contributed by atoms with Crippen molar-refractivity contribution in [2.24, 2.45) is 0 Å². The Morgan fingerprint density at radius 3 is 2.60 bits per heavy atom. The van der Waals surface area contributed by atoms with Crippen LogP contribution in [-0.2, 0) is 4.74 Å². The molecule has 1 heterocycles. The number of epoxide rings is 1. The predicted octanol–water partition coefficient (Wildman–Crippen LogP) is 1.33. The largest absolute Gasteiger partial charge is 0.396 e. The Bertz CT molecular complexity index is 93.3. The smallest absolute Gasteiger partial charge is 0.0841 e. The van der Waals surface area contributed by atoms with Crippen molar-refractivity contribution in [3.05, 3.63) is 0 Å². The molecule has 0 spiro atoms. The molecule has 1 N–H and O–H groups in total. The Morgan fingerprint density at radius 1 is 1.30 bits per heavy atom. The Morgan fingerprint density at radius 2 is 2.10 bits per heavy atom. The zero-order valence-corrected chi connectivity index (χ0v) is 6.55. The first-order valence-corrected chi connectivity index (χ1v) is 4.14. The van der Waals surface area contributed by atoms with E-state index >= 15 is 0 Å². The second-order valence-electron chi connectivity index (χ2n) is 2.84. The number of hydrogen-bond acceptors (Lipinski definition) is 2. The summed E-state index contributed by atoms with van der Waals surface area (Å²) in [7, 11) is 0. The van der Waals surface area contributed by atoms with E-state index in [-0.39, 0.29) is 0 Å². The van der Waals surface area contributed by atoms with Gasteiger partial charge < -0.3 is 9.84 Å². The summed E-state index contributed by atoms with van der Waals surface area (Å²) in [5, 5.41) is 8.48. The lowest BCUT2D eigenvalue weighted by Gasteiger charge is -1.92. The molecule has 2 nitrogen and oxygen atoms in total. The summed E-state index contributed by atoms with van der Waals surface area (Å²) in [6.45, 7) is 2.47. The molecule has 0 saturated carbocycles. The van der Waals surface area contributed by atoms with Crippen molar-refractivity contribution in [1.29, 1.82) is 0 Å². The summed E-state index contributed by atoms with van der Waals surface area (Å²) in [4.78, 5) is 0. The zero-order chi connectivity index (χ0) is 7.40. The molecule has 0 aliphatic carbocycles. The lowest BCUT2D eigenvalue weighted by Crippen LogP contribution is -1.93. The van der Waals surface area contributed by atoms with Crippen LogP contribution < -0.4 is 0 Å². The second kappa shape index (κ2) is 3.94. The molecule has 1 unspecified atom stereocenters. The lowest BCUT2D eigenvalue weighted by atomic mass is 10.1. The highest BCUT2D eigenvalue weighted by molar-refractivity contribution is 4.82. The molecule has 0 aromatic heterocycles. The van der Waals surface area contributed by atoms with Crippen molar-refractivity contribution in [2.45, 2.75) is 44.8 Å². The minimum atomic E-state index is 0.323. The highest BCUT2D eigenvalue weighted by Gasteiger charge is 2.35. The normalized spacial score (nSPS) is 30.6. The second-order valence-corrected chi connectivity index (χ2v) is 2.84. The van der Waals surface area contributed by atoms with Gasteiger partial charge in [0.1, 0.15) is 0 Å². The van der Waals surface area contributed by atoms with Gasteiger partial charge in [-0.2, -0.15) is 0 Å². The van der Waals surface area contributed by atoms with Crippen LogP contribution in [0.25, 0.3) is 0 Å². The van der Waals surface area contributed by atoms with Crippen molar-refractivity contribution in [1.82, 2.24) is 0 Å². The Hall–Kier alpha value is -0.0800. The number of rotatable bonds is 5. The summed E-state index contributed by atoms with van der Waals surface area (Å²) >= 11 is 0. The Kier molecular flexibility index (Phi) is 3.16. The monoisotopic (exact) mass is 144 g/mol. The third-order valence-electron chi connectivity index (χ3n) is 1.99. The molecular formula is C8H16O2. The van der Waals surface area contributed by atoms with Gasteiger partial charge in [0, 0.05) is 6.61 Å². The average molecular weight is 144 g/mol. The molecule has 0 bridgehead atoms. The maximum absolute atomic E-state index is 8.48. The third-order valence-corrected chi connectivity index (χ3v) is 1.99. The first-order valence-electron chi connectivity index (χ1n) is 4.14. The van der Waals surface area contributed by atoms with E-state index in [0.29, 0.717) is 18.8 Å². The molecule has 1 aliphatic rings. The van der Waals surface area contributed by atoms with Gasteiger partial charge in [0.05, 0.1) is 12.2 Å². The zero-order valence-electron chi connectivity index (χ0n) is 6.55. The molecule has 0 aromatic carbocycles. The first kappa shape index (κ1) is 8.02. The molecule has 1 fully saturated rings.